The van der Waals surface area contributed by atoms with Gasteiger partial charge in [0.25, 0.3) is 5.89 Å². The number of carbonyl (C=O) groups is 1. The summed E-state index contributed by atoms with van der Waals surface area (Å²) < 4.78 is 47.7. The average Bonchev–Trinajstić information content (AvgIpc) is 3.42. The number of nitrogens with one attached hydrogen (secondary N) is 1. The molecule has 0 aliphatic rings. The number of ether oxygens (including phenoxy) is 1. The van der Waals surface area contributed by atoms with E-state index in [1.54, 1.807) is 29.0 Å². The molecule has 0 unspecified atom stereocenters. The van der Waals surface area contributed by atoms with Crippen LogP contribution in [0.2, 0.25) is 5.02 Å². The molecule has 0 saturated carbocycles. The van der Waals surface area contributed by atoms with Crippen molar-refractivity contribution in [2.24, 2.45) is 0 Å². The lowest BCUT2D eigenvalue weighted by molar-refractivity contribution is -0.274. The van der Waals surface area contributed by atoms with Crippen LogP contribution >= 0.6 is 11.6 Å². The topological polar surface area (TPSA) is 82.2 Å². The van der Waals surface area contributed by atoms with E-state index in [0.29, 0.717) is 16.3 Å². The molecule has 0 fully saturated rings. The van der Waals surface area contributed by atoms with Gasteiger partial charge in [0.1, 0.15) is 18.0 Å². The second-order valence-corrected chi connectivity index (χ2v) is 7.29. The number of benzene rings is 2. The first-order valence-electron chi connectivity index (χ1n) is 9.64. The zero-order valence-electron chi connectivity index (χ0n) is 16.8. The quantitative estimate of drug-likeness (QED) is 0.402. The predicted octanol–water partition coefficient (Wildman–Crippen LogP) is 5.07. The summed E-state index contributed by atoms with van der Waals surface area (Å²) >= 11 is 6.10. The zero-order chi connectivity index (χ0) is 23.4. The number of rotatable bonds is 7. The number of hydrogen-bond acceptors (Lipinski definition) is 5. The van der Waals surface area contributed by atoms with Gasteiger partial charge in [-0.05, 0) is 48.0 Å². The third-order valence-corrected chi connectivity index (χ3v) is 4.94. The minimum absolute atomic E-state index is 0.00791. The Balaban J connectivity index is 1.43. The number of nitrogens with zero attached hydrogens (tertiary/aromatic N) is 3. The van der Waals surface area contributed by atoms with Gasteiger partial charge >= 0.3 is 6.36 Å². The first kappa shape index (κ1) is 22.4. The lowest BCUT2D eigenvalue weighted by Gasteiger charge is -2.09. The molecule has 0 radical (unpaired) electrons. The normalized spacial score (nSPS) is 11.4. The molecule has 4 rings (SSSR count). The summed E-state index contributed by atoms with van der Waals surface area (Å²) in [6, 6.07) is 15.7. The molecule has 2 aromatic carbocycles. The van der Waals surface area contributed by atoms with Gasteiger partial charge in [-0.15, -0.1) is 13.2 Å². The lowest BCUT2D eigenvalue weighted by Crippen LogP contribution is -2.27. The molecule has 1 N–H and O–H groups in total. The Morgan fingerprint density at radius 1 is 1.09 bits per heavy atom. The highest BCUT2D eigenvalue weighted by Crippen LogP contribution is 2.27. The number of carbonyl (C=O) groups excluding carboxylic acids is 1. The first-order valence-corrected chi connectivity index (χ1v) is 10.0. The molecule has 4 aromatic rings. The summed E-state index contributed by atoms with van der Waals surface area (Å²) in [6.07, 6.45) is -3.08. The molecule has 0 aliphatic carbocycles. The minimum Gasteiger partial charge on any atom is -0.406 e. The van der Waals surface area contributed by atoms with Crippen molar-refractivity contribution in [3.8, 4) is 28.7 Å². The smallest absolute Gasteiger partial charge is 0.406 e. The summed E-state index contributed by atoms with van der Waals surface area (Å²) in [4.78, 5) is 16.7. The standard InChI is InChI=1S/C22H16ClF3N4O3/c23-17-5-2-1-4-15(17)12-27-19(31)13-30-11-3-6-18(30)21-28-20(29-33-21)14-7-9-16(10-8-14)32-22(24,25)26/h1-11H,12-13H2,(H,27,31). The molecule has 170 valence electrons. The number of halogens is 4. The highest BCUT2D eigenvalue weighted by molar-refractivity contribution is 6.31. The van der Waals surface area contributed by atoms with Crippen molar-refractivity contribution in [1.29, 1.82) is 0 Å². The third kappa shape index (κ3) is 5.72. The fourth-order valence-corrected chi connectivity index (χ4v) is 3.25. The number of alkyl halides is 3. The molecule has 0 atom stereocenters. The maximum atomic E-state index is 12.4. The molecular weight excluding hydrogens is 461 g/mol. The molecule has 0 spiro atoms. The number of hydrogen-bond donors (Lipinski definition) is 1. The van der Waals surface area contributed by atoms with Crippen molar-refractivity contribution in [1.82, 2.24) is 20.0 Å². The van der Waals surface area contributed by atoms with Crippen molar-refractivity contribution in [3.63, 3.8) is 0 Å². The first-order chi connectivity index (χ1) is 15.8. The SMILES string of the molecule is O=C(Cn1cccc1-c1nc(-c2ccc(OC(F)(F)F)cc2)no1)NCc1ccccc1Cl. The van der Waals surface area contributed by atoms with Crippen molar-refractivity contribution in [3.05, 3.63) is 77.4 Å². The summed E-state index contributed by atoms with van der Waals surface area (Å²) in [6.45, 7) is 0.293. The summed E-state index contributed by atoms with van der Waals surface area (Å²) in [5.41, 5.74) is 1.75. The molecular formula is C22H16ClF3N4O3. The average molecular weight is 477 g/mol. The Labute approximate surface area is 190 Å². The van der Waals surface area contributed by atoms with Crippen LogP contribution in [0.1, 0.15) is 5.56 Å². The van der Waals surface area contributed by atoms with Crippen molar-refractivity contribution < 1.29 is 27.2 Å². The predicted molar refractivity (Wildman–Crippen MR) is 113 cm³/mol. The Bertz CT molecular complexity index is 1250. The Morgan fingerprint density at radius 3 is 2.58 bits per heavy atom. The number of amides is 1. The molecule has 2 aromatic heterocycles. The highest BCUT2D eigenvalue weighted by atomic mass is 35.5. The molecule has 7 nitrogen and oxygen atoms in total. The summed E-state index contributed by atoms with van der Waals surface area (Å²) in [7, 11) is 0. The Hall–Kier alpha value is -3.79. The van der Waals surface area contributed by atoms with Gasteiger partial charge in [-0.1, -0.05) is 35.0 Å². The second-order valence-electron chi connectivity index (χ2n) is 6.88. The van der Waals surface area contributed by atoms with Gasteiger partial charge in [-0.2, -0.15) is 4.98 Å². The van der Waals surface area contributed by atoms with Gasteiger partial charge in [0, 0.05) is 23.3 Å². The van der Waals surface area contributed by atoms with Crippen LogP contribution < -0.4 is 10.1 Å². The highest BCUT2D eigenvalue weighted by Gasteiger charge is 2.31. The van der Waals surface area contributed by atoms with Crippen LogP contribution in [0.3, 0.4) is 0 Å². The molecule has 1 amide bonds. The van der Waals surface area contributed by atoms with E-state index in [2.05, 4.69) is 20.2 Å². The monoisotopic (exact) mass is 476 g/mol. The van der Waals surface area contributed by atoms with Crippen LogP contribution in [0, 0.1) is 0 Å². The van der Waals surface area contributed by atoms with Crippen LogP contribution in [-0.4, -0.2) is 27.0 Å². The van der Waals surface area contributed by atoms with Crippen LogP contribution in [0.4, 0.5) is 13.2 Å². The zero-order valence-corrected chi connectivity index (χ0v) is 17.6. The van der Waals surface area contributed by atoms with Crippen molar-refractivity contribution >= 4 is 17.5 Å². The van der Waals surface area contributed by atoms with Gasteiger partial charge in [-0.3, -0.25) is 4.79 Å². The molecule has 0 aliphatic heterocycles. The Kier molecular flexibility index (Phi) is 6.36. The van der Waals surface area contributed by atoms with Crippen molar-refractivity contribution in [2.45, 2.75) is 19.5 Å². The molecule has 11 heteroatoms. The van der Waals surface area contributed by atoms with Gasteiger partial charge in [0.05, 0.1) is 0 Å². The van der Waals surface area contributed by atoms with E-state index in [1.165, 1.54) is 12.1 Å². The lowest BCUT2D eigenvalue weighted by atomic mass is 10.2. The minimum atomic E-state index is -4.77. The van der Waals surface area contributed by atoms with Crippen molar-refractivity contribution in [2.75, 3.05) is 0 Å². The van der Waals surface area contributed by atoms with E-state index in [-0.39, 0.29) is 36.5 Å². The molecule has 33 heavy (non-hydrogen) atoms. The number of aromatic nitrogens is 3. The van der Waals surface area contributed by atoms with E-state index in [4.69, 9.17) is 16.1 Å². The van der Waals surface area contributed by atoms with E-state index in [1.807, 2.05) is 18.2 Å². The van der Waals surface area contributed by atoms with Gasteiger partial charge < -0.3 is 19.1 Å². The molecule has 0 saturated heterocycles. The van der Waals surface area contributed by atoms with Gasteiger partial charge in [0.15, 0.2) is 0 Å². The van der Waals surface area contributed by atoms with E-state index in [9.17, 15) is 18.0 Å². The molecule has 2 heterocycles. The summed E-state index contributed by atoms with van der Waals surface area (Å²) in [5, 5.41) is 7.25. The van der Waals surface area contributed by atoms with Crippen LogP contribution in [-0.2, 0) is 17.9 Å². The van der Waals surface area contributed by atoms with E-state index < -0.39 is 6.36 Å². The van der Waals surface area contributed by atoms with Crippen LogP contribution in [0.5, 0.6) is 5.75 Å². The maximum Gasteiger partial charge on any atom is 0.573 e. The van der Waals surface area contributed by atoms with Crippen LogP contribution in [0.25, 0.3) is 23.0 Å². The van der Waals surface area contributed by atoms with E-state index in [0.717, 1.165) is 17.7 Å². The van der Waals surface area contributed by atoms with E-state index >= 15 is 0 Å². The Morgan fingerprint density at radius 2 is 1.85 bits per heavy atom. The van der Waals surface area contributed by atoms with Crippen LogP contribution in [0.15, 0.2) is 71.4 Å². The van der Waals surface area contributed by atoms with Gasteiger partial charge in [-0.25, -0.2) is 0 Å². The largest absolute Gasteiger partial charge is 0.573 e. The maximum absolute atomic E-state index is 12.4. The molecule has 0 bridgehead atoms. The second kappa shape index (κ2) is 9.37. The third-order valence-electron chi connectivity index (χ3n) is 4.57. The van der Waals surface area contributed by atoms with Gasteiger partial charge in [0.2, 0.25) is 11.7 Å². The summed E-state index contributed by atoms with van der Waals surface area (Å²) in [5.74, 6) is -0.261. The fraction of sp³-hybridized carbons (Fsp3) is 0.136. The fourth-order valence-electron chi connectivity index (χ4n) is 3.04.